The highest BCUT2D eigenvalue weighted by molar-refractivity contribution is 5.29. The van der Waals surface area contributed by atoms with Gasteiger partial charge in [-0.2, -0.15) is 0 Å². The topological polar surface area (TPSA) is 35.2 Å². The molecule has 0 aliphatic heterocycles. The molecule has 0 fully saturated rings. The van der Waals surface area contributed by atoms with Gasteiger partial charge < -0.3 is 10.5 Å². The molecule has 0 aliphatic rings. The smallest absolute Gasteiger partial charge is 0.148 e. The van der Waals surface area contributed by atoms with E-state index in [1.807, 2.05) is 24.3 Å². The van der Waals surface area contributed by atoms with E-state index in [1.54, 1.807) is 0 Å². The molecule has 0 bridgehead atoms. The Morgan fingerprint density at radius 3 is 2.57 bits per heavy atom. The Hall–Kier alpha value is -1.46. The molecule has 1 rings (SSSR count). The zero-order chi connectivity index (χ0) is 10.4. The van der Waals surface area contributed by atoms with Gasteiger partial charge in [0, 0.05) is 6.04 Å². The monoisotopic (exact) mass is 189 g/mol. The van der Waals surface area contributed by atoms with Crippen molar-refractivity contribution in [2.24, 2.45) is 5.73 Å². The number of terminal acetylenes is 1. The summed E-state index contributed by atoms with van der Waals surface area (Å²) in [7, 11) is 0. The minimum absolute atomic E-state index is 0.108. The predicted molar refractivity (Wildman–Crippen MR) is 58.0 cm³/mol. The van der Waals surface area contributed by atoms with Crippen LogP contribution in [0.2, 0.25) is 0 Å². The molecule has 0 amide bonds. The van der Waals surface area contributed by atoms with Crippen molar-refractivity contribution in [3.05, 3.63) is 29.8 Å². The zero-order valence-electron chi connectivity index (χ0n) is 8.36. The van der Waals surface area contributed by atoms with E-state index in [0.29, 0.717) is 6.61 Å². The van der Waals surface area contributed by atoms with Crippen molar-refractivity contribution in [3.8, 4) is 18.1 Å². The number of nitrogens with two attached hydrogens (primary N) is 1. The maximum Gasteiger partial charge on any atom is 0.148 e. The summed E-state index contributed by atoms with van der Waals surface area (Å²) in [6, 6.07) is 7.83. The van der Waals surface area contributed by atoms with Gasteiger partial charge in [0.2, 0.25) is 0 Å². The fourth-order valence-corrected chi connectivity index (χ4v) is 1.17. The summed E-state index contributed by atoms with van der Waals surface area (Å²) in [5.41, 5.74) is 7.00. The largest absolute Gasteiger partial charge is 0.481 e. The Morgan fingerprint density at radius 2 is 2.07 bits per heavy atom. The van der Waals surface area contributed by atoms with Gasteiger partial charge in [-0.3, -0.25) is 0 Å². The lowest BCUT2D eigenvalue weighted by molar-refractivity contribution is 0.370. The van der Waals surface area contributed by atoms with E-state index < -0.39 is 0 Å². The maximum absolute atomic E-state index is 5.87. The Bertz CT molecular complexity index is 310. The third kappa shape index (κ3) is 2.79. The van der Waals surface area contributed by atoms with Crippen molar-refractivity contribution in [1.82, 2.24) is 0 Å². The Balaban J connectivity index is 2.64. The molecule has 1 aromatic rings. The quantitative estimate of drug-likeness (QED) is 0.736. The summed E-state index contributed by atoms with van der Waals surface area (Å²) in [6.07, 6.45) is 6.02. The van der Waals surface area contributed by atoms with E-state index in [9.17, 15) is 0 Å². The highest BCUT2D eigenvalue weighted by Gasteiger charge is 2.02. The maximum atomic E-state index is 5.87. The highest BCUT2D eigenvalue weighted by atomic mass is 16.5. The lowest BCUT2D eigenvalue weighted by Crippen LogP contribution is -2.08. The van der Waals surface area contributed by atoms with Gasteiger partial charge in [-0.05, 0) is 24.1 Å². The lowest BCUT2D eigenvalue weighted by atomic mass is 10.1. The van der Waals surface area contributed by atoms with Crippen molar-refractivity contribution >= 4 is 0 Å². The van der Waals surface area contributed by atoms with Gasteiger partial charge in [-0.25, -0.2) is 0 Å². The van der Waals surface area contributed by atoms with Crippen LogP contribution in [0.4, 0.5) is 0 Å². The molecule has 0 heterocycles. The Labute approximate surface area is 85.1 Å². The molecule has 0 unspecified atom stereocenters. The van der Waals surface area contributed by atoms with Crippen LogP contribution >= 0.6 is 0 Å². The predicted octanol–water partition coefficient (Wildman–Crippen LogP) is 2.11. The first-order valence-corrected chi connectivity index (χ1v) is 4.69. The van der Waals surface area contributed by atoms with Gasteiger partial charge in [-0.15, -0.1) is 6.42 Å². The van der Waals surface area contributed by atoms with Crippen LogP contribution in [0.5, 0.6) is 5.75 Å². The van der Waals surface area contributed by atoms with Crippen LogP contribution in [0.25, 0.3) is 0 Å². The van der Waals surface area contributed by atoms with Crippen LogP contribution in [-0.4, -0.2) is 6.61 Å². The SMILES string of the molecule is C#CCOc1ccc([C@H](N)CC)cc1. The second-order valence-corrected chi connectivity index (χ2v) is 3.08. The third-order valence-electron chi connectivity index (χ3n) is 2.07. The summed E-state index contributed by atoms with van der Waals surface area (Å²) < 4.78 is 5.25. The molecule has 0 spiro atoms. The molecule has 2 N–H and O–H groups in total. The van der Waals surface area contributed by atoms with E-state index >= 15 is 0 Å². The van der Waals surface area contributed by atoms with Crippen LogP contribution in [0.15, 0.2) is 24.3 Å². The average molecular weight is 189 g/mol. The molecular weight excluding hydrogens is 174 g/mol. The van der Waals surface area contributed by atoms with Crippen LogP contribution in [-0.2, 0) is 0 Å². The molecule has 1 aromatic carbocycles. The molecule has 0 aromatic heterocycles. The number of ether oxygens (including phenoxy) is 1. The van der Waals surface area contributed by atoms with Crippen molar-refractivity contribution in [2.75, 3.05) is 6.61 Å². The van der Waals surface area contributed by atoms with Gasteiger partial charge in [0.25, 0.3) is 0 Å². The molecule has 0 aliphatic carbocycles. The molecule has 2 nitrogen and oxygen atoms in total. The third-order valence-corrected chi connectivity index (χ3v) is 2.07. The summed E-state index contributed by atoms with van der Waals surface area (Å²) in [5, 5.41) is 0. The second kappa shape index (κ2) is 5.31. The molecule has 2 heteroatoms. The summed E-state index contributed by atoms with van der Waals surface area (Å²) in [6.45, 7) is 2.37. The van der Waals surface area contributed by atoms with E-state index in [-0.39, 0.29) is 6.04 Å². The number of benzene rings is 1. The van der Waals surface area contributed by atoms with Crippen molar-refractivity contribution in [1.29, 1.82) is 0 Å². The minimum Gasteiger partial charge on any atom is -0.481 e. The Morgan fingerprint density at radius 1 is 1.43 bits per heavy atom. The van der Waals surface area contributed by atoms with E-state index in [4.69, 9.17) is 16.9 Å². The molecule has 14 heavy (non-hydrogen) atoms. The standard InChI is InChI=1S/C12H15NO/c1-3-9-14-11-7-5-10(6-8-11)12(13)4-2/h1,5-8,12H,4,9,13H2,2H3/t12-/m1/s1. The van der Waals surface area contributed by atoms with Crippen LogP contribution in [0.3, 0.4) is 0 Å². The number of hydrogen-bond acceptors (Lipinski definition) is 2. The van der Waals surface area contributed by atoms with Gasteiger partial charge >= 0.3 is 0 Å². The van der Waals surface area contributed by atoms with E-state index in [2.05, 4.69) is 12.8 Å². The van der Waals surface area contributed by atoms with Gasteiger partial charge in [0.05, 0.1) is 0 Å². The average Bonchev–Trinajstić information content (AvgIpc) is 2.26. The summed E-state index contributed by atoms with van der Waals surface area (Å²) >= 11 is 0. The van der Waals surface area contributed by atoms with Crippen molar-refractivity contribution < 1.29 is 4.74 Å². The molecule has 0 radical (unpaired) electrons. The van der Waals surface area contributed by atoms with Gasteiger partial charge in [0.15, 0.2) is 0 Å². The number of hydrogen-bond donors (Lipinski definition) is 1. The van der Waals surface area contributed by atoms with E-state index in [0.717, 1.165) is 17.7 Å². The van der Waals surface area contributed by atoms with E-state index in [1.165, 1.54) is 0 Å². The van der Waals surface area contributed by atoms with Gasteiger partial charge in [0.1, 0.15) is 12.4 Å². The first-order chi connectivity index (χ1) is 6.77. The van der Waals surface area contributed by atoms with Crippen molar-refractivity contribution in [2.45, 2.75) is 19.4 Å². The normalized spacial score (nSPS) is 11.8. The van der Waals surface area contributed by atoms with Crippen molar-refractivity contribution in [3.63, 3.8) is 0 Å². The van der Waals surface area contributed by atoms with Crippen LogP contribution in [0.1, 0.15) is 24.9 Å². The zero-order valence-corrected chi connectivity index (χ0v) is 8.36. The lowest BCUT2D eigenvalue weighted by Gasteiger charge is -2.09. The molecule has 1 atom stereocenters. The van der Waals surface area contributed by atoms with Crippen LogP contribution in [0, 0.1) is 12.3 Å². The Kier molecular flexibility index (Phi) is 4.03. The summed E-state index contributed by atoms with van der Waals surface area (Å²) in [4.78, 5) is 0. The minimum atomic E-state index is 0.108. The molecule has 0 saturated carbocycles. The second-order valence-electron chi connectivity index (χ2n) is 3.08. The fraction of sp³-hybridized carbons (Fsp3) is 0.333. The number of rotatable bonds is 4. The first kappa shape index (κ1) is 10.6. The molecular formula is C12H15NO. The highest BCUT2D eigenvalue weighted by Crippen LogP contribution is 2.17. The molecule has 74 valence electrons. The van der Waals surface area contributed by atoms with Crippen LogP contribution < -0.4 is 10.5 Å². The summed E-state index contributed by atoms with van der Waals surface area (Å²) in [5.74, 6) is 3.20. The fourth-order valence-electron chi connectivity index (χ4n) is 1.17. The molecule has 0 saturated heterocycles. The van der Waals surface area contributed by atoms with Gasteiger partial charge in [-0.1, -0.05) is 25.0 Å². The first-order valence-electron chi connectivity index (χ1n) is 4.69.